The zero-order chi connectivity index (χ0) is 24.1. The lowest BCUT2D eigenvalue weighted by atomic mass is 9.76. The van der Waals surface area contributed by atoms with Crippen LogP contribution in [0.5, 0.6) is 5.75 Å². The van der Waals surface area contributed by atoms with E-state index in [1.165, 1.54) is 6.07 Å². The normalized spacial score (nSPS) is 12.9. The molecule has 34 heavy (non-hydrogen) atoms. The molecule has 0 amide bonds. The first-order valence-corrected chi connectivity index (χ1v) is 11.9. The molecule has 3 aromatic carbocycles. The van der Waals surface area contributed by atoms with E-state index in [0.717, 1.165) is 35.5 Å². The standard InChI is InChI=1S/C28H29ClFN3O/c1-3-4-16-33(27-31-15-17-32(27)2)28(22-9-6-5-7-10-22,23-11-8-12-24(30)18-23)20-21-13-14-25(34)19-26(21)29/h5-15,17-19,34H,3-4,16,20H2,1-2H3. The highest BCUT2D eigenvalue weighted by Crippen LogP contribution is 2.43. The SMILES string of the molecule is CCCCN(c1nccn1C)C(Cc1ccc(O)cc1Cl)(c1ccccc1)c1cccc(F)c1. The molecule has 0 radical (unpaired) electrons. The van der Waals surface area contributed by atoms with Crippen LogP contribution in [0.1, 0.15) is 36.5 Å². The number of rotatable bonds is 9. The molecule has 4 aromatic rings. The molecule has 0 aliphatic rings. The largest absolute Gasteiger partial charge is 0.508 e. The Labute approximate surface area is 205 Å². The number of aromatic hydroxyl groups is 1. The van der Waals surface area contributed by atoms with Crippen molar-refractivity contribution in [1.82, 2.24) is 9.55 Å². The third kappa shape index (κ3) is 4.66. The Bertz CT molecular complexity index is 1240. The maximum absolute atomic E-state index is 14.7. The summed E-state index contributed by atoms with van der Waals surface area (Å²) in [6.07, 6.45) is 6.08. The van der Waals surface area contributed by atoms with Crippen LogP contribution in [-0.2, 0) is 19.0 Å². The van der Waals surface area contributed by atoms with Crippen LogP contribution in [0.2, 0.25) is 5.02 Å². The second-order valence-corrected chi connectivity index (χ2v) is 8.94. The van der Waals surface area contributed by atoms with Gasteiger partial charge < -0.3 is 14.6 Å². The smallest absolute Gasteiger partial charge is 0.206 e. The van der Waals surface area contributed by atoms with E-state index in [2.05, 4.69) is 24.0 Å². The highest BCUT2D eigenvalue weighted by Gasteiger charge is 2.42. The van der Waals surface area contributed by atoms with Crippen LogP contribution in [0.3, 0.4) is 0 Å². The van der Waals surface area contributed by atoms with Gasteiger partial charge in [0.1, 0.15) is 11.6 Å². The van der Waals surface area contributed by atoms with Crippen LogP contribution in [-0.4, -0.2) is 21.2 Å². The van der Waals surface area contributed by atoms with Crippen LogP contribution in [0.25, 0.3) is 0 Å². The van der Waals surface area contributed by atoms with Gasteiger partial charge in [0.05, 0.1) is 5.54 Å². The molecule has 0 fully saturated rings. The molecule has 0 saturated carbocycles. The molecule has 176 valence electrons. The van der Waals surface area contributed by atoms with Gasteiger partial charge in [0.25, 0.3) is 0 Å². The fraction of sp³-hybridized carbons (Fsp3) is 0.250. The number of anilines is 1. The Hall–Kier alpha value is -3.31. The summed E-state index contributed by atoms with van der Waals surface area (Å²) in [6.45, 7) is 2.86. The molecule has 1 unspecified atom stereocenters. The van der Waals surface area contributed by atoms with Gasteiger partial charge in [0.2, 0.25) is 5.95 Å². The van der Waals surface area contributed by atoms with Gasteiger partial charge in [-0.1, -0.05) is 73.5 Å². The molecule has 0 aliphatic heterocycles. The minimum atomic E-state index is -0.807. The minimum absolute atomic E-state index is 0.108. The van der Waals surface area contributed by atoms with E-state index in [9.17, 15) is 9.50 Å². The van der Waals surface area contributed by atoms with Crippen LogP contribution >= 0.6 is 11.6 Å². The van der Waals surface area contributed by atoms with E-state index in [0.29, 0.717) is 18.0 Å². The Morgan fingerprint density at radius 3 is 2.44 bits per heavy atom. The number of hydrogen-bond donors (Lipinski definition) is 1. The first-order valence-electron chi connectivity index (χ1n) is 11.5. The first kappa shape index (κ1) is 23.8. The molecule has 0 aliphatic carbocycles. The van der Waals surface area contributed by atoms with Crippen LogP contribution in [0.4, 0.5) is 10.3 Å². The van der Waals surface area contributed by atoms with Gasteiger partial charge >= 0.3 is 0 Å². The maximum atomic E-state index is 14.7. The van der Waals surface area contributed by atoms with Crippen LogP contribution in [0, 0.1) is 5.82 Å². The maximum Gasteiger partial charge on any atom is 0.206 e. The van der Waals surface area contributed by atoms with Crippen molar-refractivity contribution in [3.63, 3.8) is 0 Å². The number of nitrogens with zero attached hydrogens (tertiary/aromatic N) is 3. The van der Waals surface area contributed by atoms with Gasteiger partial charge in [-0.15, -0.1) is 0 Å². The molecule has 6 heteroatoms. The van der Waals surface area contributed by atoms with Crippen LogP contribution in [0.15, 0.2) is 85.2 Å². The van der Waals surface area contributed by atoms with Gasteiger partial charge in [-0.3, -0.25) is 0 Å². The van der Waals surface area contributed by atoms with Gasteiger partial charge in [-0.2, -0.15) is 0 Å². The zero-order valence-electron chi connectivity index (χ0n) is 19.5. The molecular weight excluding hydrogens is 449 g/mol. The average molecular weight is 478 g/mol. The summed E-state index contributed by atoms with van der Waals surface area (Å²) in [5, 5.41) is 10.4. The van der Waals surface area contributed by atoms with Crippen molar-refractivity contribution in [2.45, 2.75) is 31.7 Å². The highest BCUT2D eigenvalue weighted by atomic mass is 35.5. The molecule has 4 rings (SSSR count). The summed E-state index contributed by atoms with van der Waals surface area (Å²) in [4.78, 5) is 6.98. The van der Waals surface area contributed by atoms with E-state index >= 15 is 0 Å². The summed E-state index contributed by atoms with van der Waals surface area (Å²) < 4.78 is 16.7. The molecule has 0 saturated heterocycles. The Morgan fingerprint density at radius 2 is 1.79 bits per heavy atom. The number of phenolic OH excluding ortho intramolecular Hbond substituents is 1. The summed E-state index contributed by atoms with van der Waals surface area (Å²) in [6, 6.07) is 21.9. The van der Waals surface area contributed by atoms with Crippen molar-refractivity contribution >= 4 is 17.5 Å². The fourth-order valence-corrected chi connectivity index (χ4v) is 4.83. The number of halogens is 2. The molecule has 1 N–H and O–H groups in total. The molecule has 1 heterocycles. The van der Waals surface area contributed by atoms with Gasteiger partial charge in [0.15, 0.2) is 0 Å². The molecule has 0 bridgehead atoms. The lowest BCUT2D eigenvalue weighted by Gasteiger charge is -2.46. The third-order valence-corrected chi connectivity index (χ3v) is 6.62. The topological polar surface area (TPSA) is 41.3 Å². The second kappa shape index (κ2) is 10.3. The monoisotopic (exact) mass is 477 g/mol. The van der Waals surface area contributed by atoms with Crippen molar-refractivity contribution in [3.05, 3.63) is 113 Å². The van der Waals surface area contributed by atoms with Crippen molar-refractivity contribution < 1.29 is 9.50 Å². The number of benzene rings is 3. The van der Waals surface area contributed by atoms with E-state index < -0.39 is 5.54 Å². The Kier molecular flexibility index (Phi) is 7.23. The van der Waals surface area contributed by atoms with Crippen molar-refractivity contribution in [2.75, 3.05) is 11.4 Å². The van der Waals surface area contributed by atoms with Gasteiger partial charge in [0, 0.05) is 37.4 Å². The van der Waals surface area contributed by atoms with Crippen molar-refractivity contribution in [2.24, 2.45) is 7.05 Å². The predicted octanol–water partition coefficient (Wildman–Crippen LogP) is 6.71. The van der Waals surface area contributed by atoms with E-state index in [1.807, 2.05) is 48.1 Å². The zero-order valence-corrected chi connectivity index (χ0v) is 20.2. The number of phenols is 1. The second-order valence-electron chi connectivity index (χ2n) is 8.53. The highest BCUT2D eigenvalue weighted by molar-refractivity contribution is 6.31. The average Bonchev–Trinajstić information content (AvgIpc) is 3.26. The molecule has 1 atom stereocenters. The first-order chi connectivity index (χ1) is 16.5. The number of hydrogen-bond acceptors (Lipinski definition) is 3. The Balaban J connectivity index is 2.05. The van der Waals surface area contributed by atoms with Gasteiger partial charge in [-0.25, -0.2) is 9.37 Å². The van der Waals surface area contributed by atoms with Gasteiger partial charge in [-0.05, 0) is 47.4 Å². The lowest BCUT2D eigenvalue weighted by Crippen LogP contribution is -2.51. The lowest BCUT2D eigenvalue weighted by molar-refractivity contribution is 0.446. The van der Waals surface area contributed by atoms with Crippen molar-refractivity contribution in [3.8, 4) is 5.75 Å². The Morgan fingerprint density at radius 1 is 1.03 bits per heavy atom. The van der Waals surface area contributed by atoms with Crippen molar-refractivity contribution in [1.29, 1.82) is 0 Å². The molecule has 0 spiro atoms. The minimum Gasteiger partial charge on any atom is -0.508 e. The summed E-state index contributed by atoms with van der Waals surface area (Å²) in [7, 11) is 1.97. The van der Waals surface area contributed by atoms with E-state index in [-0.39, 0.29) is 11.6 Å². The molecular formula is C28H29ClFN3O. The number of imidazole rings is 1. The quantitative estimate of drug-likeness (QED) is 0.291. The fourth-order valence-electron chi connectivity index (χ4n) is 4.59. The van der Waals surface area contributed by atoms with E-state index in [4.69, 9.17) is 16.6 Å². The van der Waals surface area contributed by atoms with E-state index in [1.54, 1.807) is 30.5 Å². The number of aromatic nitrogens is 2. The molecule has 1 aromatic heterocycles. The summed E-state index contributed by atoms with van der Waals surface area (Å²) in [5.41, 5.74) is 1.85. The summed E-state index contributed by atoms with van der Waals surface area (Å²) >= 11 is 6.63. The predicted molar refractivity (Wildman–Crippen MR) is 136 cm³/mol. The van der Waals surface area contributed by atoms with Crippen LogP contribution < -0.4 is 4.90 Å². The number of aryl methyl sites for hydroxylation is 1. The summed E-state index contributed by atoms with van der Waals surface area (Å²) in [5.74, 6) is 0.595. The third-order valence-electron chi connectivity index (χ3n) is 6.27. The molecule has 4 nitrogen and oxygen atoms in total. The number of unbranched alkanes of at least 4 members (excludes halogenated alkanes) is 1.